The van der Waals surface area contributed by atoms with Gasteiger partial charge in [-0.3, -0.25) is 9.80 Å². The second kappa shape index (κ2) is 8.13. The zero-order valence-electron chi connectivity index (χ0n) is 13.1. The van der Waals surface area contributed by atoms with E-state index in [0.29, 0.717) is 12.1 Å². The van der Waals surface area contributed by atoms with Crippen LogP contribution in [0.3, 0.4) is 0 Å². The molecule has 0 bridgehead atoms. The molecule has 18 heavy (non-hydrogen) atoms. The number of hydrogen-bond donors (Lipinski definition) is 1. The molecule has 3 heteroatoms. The lowest BCUT2D eigenvalue weighted by atomic mass is 10.1. The third-order valence-corrected chi connectivity index (χ3v) is 4.59. The van der Waals surface area contributed by atoms with Gasteiger partial charge in [-0.25, -0.2) is 0 Å². The van der Waals surface area contributed by atoms with Crippen LogP contribution < -0.4 is 5.32 Å². The van der Waals surface area contributed by atoms with Gasteiger partial charge < -0.3 is 5.32 Å². The van der Waals surface area contributed by atoms with Crippen LogP contribution in [-0.4, -0.2) is 60.6 Å². The van der Waals surface area contributed by atoms with Crippen molar-refractivity contribution in [2.24, 2.45) is 0 Å². The number of rotatable bonds is 8. The fraction of sp³-hybridized carbons (Fsp3) is 1.00. The first kappa shape index (κ1) is 15.9. The number of hydrogen-bond acceptors (Lipinski definition) is 3. The monoisotopic (exact) mass is 255 g/mol. The molecule has 1 aliphatic rings. The molecule has 3 atom stereocenters. The first-order chi connectivity index (χ1) is 8.67. The first-order valence-electron chi connectivity index (χ1n) is 7.89. The summed E-state index contributed by atoms with van der Waals surface area (Å²) >= 11 is 0. The summed E-state index contributed by atoms with van der Waals surface area (Å²) in [6.45, 7) is 17.4. The smallest absolute Gasteiger partial charge is 0.0235 e. The minimum absolute atomic E-state index is 0.644. The lowest BCUT2D eigenvalue weighted by molar-refractivity contribution is 0.170. The van der Waals surface area contributed by atoms with Crippen LogP contribution in [0.5, 0.6) is 0 Å². The lowest BCUT2D eigenvalue weighted by Crippen LogP contribution is -2.48. The highest BCUT2D eigenvalue weighted by Gasteiger charge is 2.31. The summed E-state index contributed by atoms with van der Waals surface area (Å²) in [7, 11) is 0. The van der Waals surface area contributed by atoms with Crippen molar-refractivity contribution >= 4 is 0 Å². The Morgan fingerprint density at radius 2 is 1.89 bits per heavy atom. The molecule has 0 aromatic rings. The van der Waals surface area contributed by atoms with E-state index in [2.05, 4.69) is 49.7 Å². The fourth-order valence-electron chi connectivity index (χ4n) is 3.35. The summed E-state index contributed by atoms with van der Waals surface area (Å²) < 4.78 is 0. The highest BCUT2D eigenvalue weighted by atomic mass is 15.3. The molecule has 3 unspecified atom stereocenters. The van der Waals surface area contributed by atoms with Crippen molar-refractivity contribution < 1.29 is 0 Å². The zero-order valence-corrected chi connectivity index (χ0v) is 13.1. The summed E-state index contributed by atoms with van der Waals surface area (Å²) in [5.74, 6) is 0. The van der Waals surface area contributed by atoms with Gasteiger partial charge in [0.1, 0.15) is 0 Å². The SMILES string of the molecule is CCNC(CC)C(C)N1CCC(N(CC)CC)C1. The fourth-order valence-corrected chi connectivity index (χ4v) is 3.35. The Morgan fingerprint density at radius 1 is 1.22 bits per heavy atom. The van der Waals surface area contributed by atoms with Gasteiger partial charge in [-0.2, -0.15) is 0 Å². The number of likely N-dealkylation sites (tertiary alicyclic amines) is 1. The minimum Gasteiger partial charge on any atom is -0.313 e. The first-order valence-corrected chi connectivity index (χ1v) is 7.89. The van der Waals surface area contributed by atoms with Crippen molar-refractivity contribution in [1.29, 1.82) is 0 Å². The number of likely N-dealkylation sites (N-methyl/N-ethyl adjacent to an activating group) is 2. The second-order valence-electron chi connectivity index (χ2n) is 5.47. The van der Waals surface area contributed by atoms with E-state index in [1.807, 2.05) is 0 Å². The minimum atomic E-state index is 0.644. The molecule has 0 spiro atoms. The Labute approximate surface area is 114 Å². The van der Waals surface area contributed by atoms with Crippen LogP contribution in [0.4, 0.5) is 0 Å². The standard InChI is InChI=1S/C15H33N3/c1-6-15(16-7-2)13(5)18-11-10-14(12-18)17(8-3)9-4/h13-16H,6-12H2,1-5H3. The molecule has 1 aliphatic heterocycles. The molecule has 3 nitrogen and oxygen atoms in total. The van der Waals surface area contributed by atoms with Crippen LogP contribution in [-0.2, 0) is 0 Å². The molecule has 0 radical (unpaired) electrons. The molecule has 0 aromatic heterocycles. The molecule has 1 rings (SSSR count). The van der Waals surface area contributed by atoms with Crippen LogP contribution >= 0.6 is 0 Å². The van der Waals surface area contributed by atoms with Crippen molar-refractivity contribution in [3.05, 3.63) is 0 Å². The van der Waals surface area contributed by atoms with E-state index in [1.54, 1.807) is 0 Å². The summed E-state index contributed by atoms with van der Waals surface area (Å²) in [5.41, 5.74) is 0. The van der Waals surface area contributed by atoms with E-state index < -0.39 is 0 Å². The topological polar surface area (TPSA) is 18.5 Å². The maximum Gasteiger partial charge on any atom is 0.0235 e. The quantitative estimate of drug-likeness (QED) is 0.717. The number of nitrogens with one attached hydrogen (secondary N) is 1. The summed E-state index contributed by atoms with van der Waals surface area (Å²) in [5, 5.41) is 3.63. The molecule has 108 valence electrons. The van der Waals surface area contributed by atoms with E-state index in [-0.39, 0.29) is 0 Å². The predicted molar refractivity (Wildman–Crippen MR) is 80.1 cm³/mol. The number of nitrogens with zero attached hydrogens (tertiary/aromatic N) is 2. The third-order valence-electron chi connectivity index (χ3n) is 4.59. The summed E-state index contributed by atoms with van der Waals surface area (Å²) in [6.07, 6.45) is 2.57. The van der Waals surface area contributed by atoms with Gasteiger partial charge in [-0.1, -0.05) is 27.7 Å². The molecule has 1 N–H and O–H groups in total. The van der Waals surface area contributed by atoms with Crippen LogP contribution in [0.15, 0.2) is 0 Å². The van der Waals surface area contributed by atoms with Gasteiger partial charge in [0.05, 0.1) is 0 Å². The summed E-state index contributed by atoms with van der Waals surface area (Å²) in [6, 6.07) is 2.09. The third kappa shape index (κ3) is 3.94. The van der Waals surface area contributed by atoms with Crippen molar-refractivity contribution in [1.82, 2.24) is 15.1 Å². The molecular weight excluding hydrogens is 222 g/mol. The zero-order chi connectivity index (χ0) is 13.5. The maximum absolute atomic E-state index is 3.63. The Balaban J connectivity index is 2.49. The van der Waals surface area contributed by atoms with Gasteiger partial charge in [0, 0.05) is 31.2 Å². The molecular formula is C15H33N3. The Morgan fingerprint density at radius 3 is 2.39 bits per heavy atom. The highest BCUT2D eigenvalue weighted by molar-refractivity contribution is 4.89. The molecule has 0 aromatic carbocycles. The van der Waals surface area contributed by atoms with E-state index in [4.69, 9.17) is 0 Å². The predicted octanol–water partition coefficient (Wildman–Crippen LogP) is 2.18. The maximum atomic E-state index is 3.63. The van der Waals surface area contributed by atoms with Gasteiger partial charge >= 0.3 is 0 Å². The van der Waals surface area contributed by atoms with E-state index in [0.717, 1.165) is 12.6 Å². The summed E-state index contributed by atoms with van der Waals surface area (Å²) in [4.78, 5) is 5.29. The second-order valence-corrected chi connectivity index (χ2v) is 5.47. The molecule has 0 amide bonds. The Hall–Kier alpha value is -0.120. The van der Waals surface area contributed by atoms with E-state index >= 15 is 0 Å². The van der Waals surface area contributed by atoms with Crippen molar-refractivity contribution in [3.63, 3.8) is 0 Å². The Kier molecular flexibility index (Phi) is 7.20. The molecule has 1 fully saturated rings. The highest BCUT2D eigenvalue weighted by Crippen LogP contribution is 2.20. The van der Waals surface area contributed by atoms with E-state index in [9.17, 15) is 0 Å². The lowest BCUT2D eigenvalue weighted by Gasteiger charge is -2.33. The van der Waals surface area contributed by atoms with Crippen LogP contribution in [0, 0.1) is 0 Å². The van der Waals surface area contributed by atoms with Crippen molar-refractivity contribution in [2.45, 2.75) is 65.6 Å². The molecule has 1 heterocycles. The van der Waals surface area contributed by atoms with Gasteiger partial charge in [0.2, 0.25) is 0 Å². The Bertz CT molecular complexity index is 216. The molecule has 0 saturated carbocycles. The largest absolute Gasteiger partial charge is 0.313 e. The molecule has 0 aliphatic carbocycles. The van der Waals surface area contributed by atoms with Gasteiger partial charge in [-0.05, 0) is 39.4 Å². The van der Waals surface area contributed by atoms with Crippen molar-refractivity contribution in [2.75, 3.05) is 32.7 Å². The average molecular weight is 255 g/mol. The van der Waals surface area contributed by atoms with Gasteiger partial charge in [0.15, 0.2) is 0 Å². The van der Waals surface area contributed by atoms with Crippen LogP contribution in [0.25, 0.3) is 0 Å². The van der Waals surface area contributed by atoms with E-state index in [1.165, 1.54) is 39.0 Å². The normalized spacial score (nSPS) is 24.7. The van der Waals surface area contributed by atoms with Crippen LogP contribution in [0.1, 0.15) is 47.5 Å². The van der Waals surface area contributed by atoms with Crippen LogP contribution in [0.2, 0.25) is 0 Å². The van der Waals surface area contributed by atoms with Gasteiger partial charge in [-0.15, -0.1) is 0 Å². The van der Waals surface area contributed by atoms with Crippen molar-refractivity contribution in [3.8, 4) is 0 Å². The van der Waals surface area contributed by atoms with Gasteiger partial charge in [0.25, 0.3) is 0 Å². The average Bonchev–Trinajstić information content (AvgIpc) is 2.86. The molecule has 1 saturated heterocycles.